The fraction of sp³-hybridized carbons (Fsp3) is 0.333. The molecule has 0 bridgehead atoms. The van der Waals surface area contributed by atoms with Gasteiger partial charge in [0.25, 0.3) is 0 Å². The van der Waals surface area contributed by atoms with E-state index in [0.717, 1.165) is 23.3 Å². The van der Waals surface area contributed by atoms with E-state index in [-0.39, 0.29) is 11.9 Å². The number of rotatable bonds is 3. The summed E-state index contributed by atoms with van der Waals surface area (Å²) in [6, 6.07) is 7.77. The van der Waals surface area contributed by atoms with Crippen LogP contribution in [0.25, 0.3) is 0 Å². The predicted molar refractivity (Wildman–Crippen MR) is 86.7 cm³/mol. The fourth-order valence-corrected chi connectivity index (χ4v) is 3.19. The van der Waals surface area contributed by atoms with Gasteiger partial charge < -0.3 is 14.4 Å². The van der Waals surface area contributed by atoms with Crippen molar-refractivity contribution in [3.8, 4) is 11.5 Å². The maximum absolute atomic E-state index is 12.1. The first-order chi connectivity index (χ1) is 11.2. The highest BCUT2D eigenvalue weighted by molar-refractivity contribution is 5.75. The fourth-order valence-electron chi connectivity index (χ4n) is 3.19. The Hall–Kier alpha value is -2.56. The average molecular weight is 312 g/mol. The first-order valence-corrected chi connectivity index (χ1v) is 7.57. The van der Waals surface area contributed by atoms with Crippen molar-refractivity contribution < 1.29 is 14.3 Å². The Kier molecular flexibility index (Phi) is 4.19. The van der Waals surface area contributed by atoms with Gasteiger partial charge in [-0.1, -0.05) is 0 Å². The van der Waals surface area contributed by atoms with Gasteiger partial charge in [0.05, 0.1) is 20.3 Å². The summed E-state index contributed by atoms with van der Waals surface area (Å²) in [5, 5.41) is 0. The number of ether oxygens (including phenoxy) is 2. The molecule has 1 aromatic carbocycles. The number of benzene rings is 1. The van der Waals surface area contributed by atoms with E-state index in [1.54, 1.807) is 33.5 Å². The predicted octanol–water partition coefficient (Wildman–Crippen LogP) is 2.59. The summed E-state index contributed by atoms with van der Waals surface area (Å²) >= 11 is 0. The van der Waals surface area contributed by atoms with Crippen LogP contribution in [-0.4, -0.2) is 36.6 Å². The van der Waals surface area contributed by atoms with E-state index < -0.39 is 0 Å². The third kappa shape index (κ3) is 2.74. The minimum Gasteiger partial charge on any atom is -0.493 e. The highest BCUT2D eigenvalue weighted by atomic mass is 16.5. The number of fused-ring (bicyclic) bond motifs is 1. The molecule has 0 unspecified atom stereocenters. The molecule has 1 aromatic heterocycles. The van der Waals surface area contributed by atoms with Crippen molar-refractivity contribution in [3.63, 3.8) is 0 Å². The third-order valence-electron chi connectivity index (χ3n) is 4.30. The van der Waals surface area contributed by atoms with Crippen molar-refractivity contribution in [2.24, 2.45) is 0 Å². The molecule has 2 heterocycles. The molecule has 0 N–H and O–H groups in total. The molecule has 120 valence electrons. The second kappa shape index (κ2) is 6.28. The molecule has 5 heteroatoms. The van der Waals surface area contributed by atoms with Crippen LogP contribution in [-0.2, 0) is 11.2 Å². The van der Waals surface area contributed by atoms with Crippen LogP contribution in [0.2, 0.25) is 0 Å². The average Bonchev–Trinajstić information content (AvgIpc) is 2.59. The highest BCUT2D eigenvalue weighted by Gasteiger charge is 2.31. The molecule has 0 spiro atoms. The Morgan fingerprint density at radius 1 is 1.17 bits per heavy atom. The van der Waals surface area contributed by atoms with Gasteiger partial charge in [-0.2, -0.15) is 0 Å². The Bertz CT molecular complexity index is 716. The molecule has 2 aromatic rings. The van der Waals surface area contributed by atoms with Crippen LogP contribution in [0, 0.1) is 0 Å². The zero-order valence-corrected chi connectivity index (χ0v) is 13.6. The number of methoxy groups -OCH3 is 2. The zero-order chi connectivity index (χ0) is 16.4. The molecule has 5 nitrogen and oxygen atoms in total. The smallest absolute Gasteiger partial charge is 0.220 e. The van der Waals surface area contributed by atoms with Gasteiger partial charge in [-0.15, -0.1) is 0 Å². The molecule has 0 aliphatic carbocycles. The summed E-state index contributed by atoms with van der Waals surface area (Å²) < 4.78 is 10.8. The number of amides is 1. The molecule has 23 heavy (non-hydrogen) atoms. The number of aromatic nitrogens is 1. The molecule has 0 radical (unpaired) electrons. The van der Waals surface area contributed by atoms with E-state index >= 15 is 0 Å². The minimum atomic E-state index is -0.126. The SMILES string of the molecule is COc1cc2c(cc1OC)[C@@H](c1ccncc1)N(C(C)=O)CC2. The first kappa shape index (κ1) is 15.3. The minimum absolute atomic E-state index is 0.0623. The molecule has 3 rings (SSSR count). The number of pyridine rings is 1. The molecule has 0 fully saturated rings. The Morgan fingerprint density at radius 2 is 1.83 bits per heavy atom. The van der Waals surface area contributed by atoms with Gasteiger partial charge in [-0.05, 0) is 47.4 Å². The lowest BCUT2D eigenvalue weighted by atomic mass is 9.88. The monoisotopic (exact) mass is 312 g/mol. The van der Waals surface area contributed by atoms with E-state index in [4.69, 9.17) is 9.47 Å². The molecule has 1 aliphatic heterocycles. The summed E-state index contributed by atoms with van der Waals surface area (Å²) in [6.45, 7) is 2.30. The first-order valence-electron chi connectivity index (χ1n) is 7.57. The molecular formula is C18H20N2O3. The van der Waals surface area contributed by atoms with Crippen LogP contribution in [0.1, 0.15) is 29.7 Å². The molecular weight excluding hydrogens is 292 g/mol. The summed E-state index contributed by atoms with van der Waals surface area (Å²) in [7, 11) is 3.26. The number of hydrogen-bond acceptors (Lipinski definition) is 4. The van der Waals surface area contributed by atoms with E-state index in [2.05, 4.69) is 4.98 Å². The number of carbonyl (C=O) groups is 1. The largest absolute Gasteiger partial charge is 0.493 e. The maximum Gasteiger partial charge on any atom is 0.220 e. The third-order valence-corrected chi connectivity index (χ3v) is 4.30. The Labute approximate surface area is 135 Å². The van der Waals surface area contributed by atoms with Crippen LogP contribution in [0.3, 0.4) is 0 Å². The van der Waals surface area contributed by atoms with E-state index in [1.165, 1.54) is 5.56 Å². The molecule has 1 atom stereocenters. The van der Waals surface area contributed by atoms with E-state index in [9.17, 15) is 4.79 Å². The van der Waals surface area contributed by atoms with E-state index in [1.807, 2.05) is 29.2 Å². The second-order valence-electron chi connectivity index (χ2n) is 5.55. The number of nitrogens with zero attached hydrogens (tertiary/aromatic N) is 2. The summed E-state index contributed by atoms with van der Waals surface area (Å²) in [5.74, 6) is 1.46. The van der Waals surface area contributed by atoms with E-state index in [0.29, 0.717) is 12.3 Å². The van der Waals surface area contributed by atoms with Crippen molar-refractivity contribution >= 4 is 5.91 Å². The quantitative estimate of drug-likeness (QED) is 0.874. The highest BCUT2D eigenvalue weighted by Crippen LogP contribution is 2.40. The van der Waals surface area contributed by atoms with Gasteiger partial charge in [0.15, 0.2) is 11.5 Å². The number of carbonyl (C=O) groups excluding carboxylic acids is 1. The van der Waals surface area contributed by atoms with Crippen molar-refractivity contribution in [2.75, 3.05) is 20.8 Å². The molecule has 1 aliphatic rings. The van der Waals surface area contributed by atoms with Crippen molar-refractivity contribution in [1.29, 1.82) is 0 Å². The molecule has 1 amide bonds. The number of hydrogen-bond donors (Lipinski definition) is 0. The van der Waals surface area contributed by atoms with Crippen LogP contribution in [0.15, 0.2) is 36.7 Å². The standard InChI is InChI=1S/C18H20N2O3/c1-12(21)20-9-6-14-10-16(22-2)17(23-3)11-15(14)18(20)13-4-7-19-8-5-13/h4-5,7-8,10-11,18H,6,9H2,1-3H3/t18-/m1/s1. The van der Waals surface area contributed by atoms with Crippen molar-refractivity contribution in [1.82, 2.24) is 9.88 Å². The molecule has 0 saturated carbocycles. The van der Waals surface area contributed by atoms with Crippen molar-refractivity contribution in [3.05, 3.63) is 53.3 Å². The maximum atomic E-state index is 12.1. The topological polar surface area (TPSA) is 51.7 Å². The van der Waals surface area contributed by atoms with Gasteiger partial charge in [0.1, 0.15) is 0 Å². The van der Waals surface area contributed by atoms with Crippen molar-refractivity contribution in [2.45, 2.75) is 19.4 Å². The lowest BCUT2D eigenvalue weighted by Crippen LogP contribution is -2.39. The molecule has 0 saturated heterocycles. The summed E-state index contributed by atoms with van der Waals surface area (Å²) in [6.07, 6.45) is 4.31. The summed E-state index contributed by atoms with van der Waals surface area (Å²) in [5.41, 5.74) is 3.31. The Balaban J connectivity index is 2.17. The second-order valence-corrected chi connectivity index (χ2v) is 5.55. The lowest BCUT2D eigenvalue weighted by Gasteiger charge is -2.37. The van der Waals surface area contributed by atoms with Gasteiger partial charge in [0.2, 0.25) is 5.91 Å². The van der Waals surface area contributed by atoms with Gasteiger partial charge in [0, 0.05) is 25.9 Å². The van der Waals surface area contributed by atoms with Crippen LogP contribution in [0.5, 0.6) is 11.5 Å². The zero-order valence-electron chi connectivity index (χ0n) is 13.6. The van der Waals surface area contributed by atoms with Crippen LogP contribution >= 0.6 is 0 Å². The van der Waals surface area contributed by atoms with Crippen LogP contribution < -0.4 is 9.47 Å². The van der Waals surface area contributed by atoms with Crippen LogP contribution in [0.4, 0.5) is 0 Å². The normalized spacial score (nSPS) is 16.7. The van der Waals surface area contributed by atoms with Gasteiger partial charge in [-0.3, -0.25) is 9.78 Å². The Morgan fingerprint density at radius 3 is 2.43 bits per heavy atom. The lowest BCUT2D eigenvalue weighted by molar-refractivity contribution is -0.130. The van der Waals surface area contributed by atoms with Gasteiger partial charge >= 0.3 is 0 Å². The van der Waals surface area contributed by atoms with Gasteiger partial charge in [-0.25, -0.2) is 0 Å². The summed E-state index contributed by atoms with van der Waals surface area (Å²) in [4.78, 5) is 18.1.